The molecule has 1 aliphatic carbocycles. The maximum absolute atomic E-state index is 5.78. The molecule has 2 N–H and O–H groups in total. The molecule has 0 bridgehead atoms. The normalized spacial score (nSPS) is 29.1. The Kier molecular flexibility index (Phi) is 5.40. The van der Waals surface area contributed by atoms with Crippen LogP contribution in [0.15, 0.2) is 0 Å². The number of hydrogen-bond acceptors (Lipinski definition) is 2. The van der Waals surface area contributed by atoms with E-state index in [9.17, 15) is 0 Å². The predicted octanol–water partition coefficient (Wildman–Crippen LogP) is 2.32. The molecular weight excluding hydrogens is 162 g/mol. The summed E-state index contributed by atoms with van der Waals surface area (Å²) in [5.74, 6) is 0.769. The molecule has 0 aromatic rings. The minimum Gasteiger partial charge on any atom is -0.378 e. The van der Waals surface area contributed by atoms with Crippen molar-refractivity contribution >= 4 is 0 Å². The van der Waals surface area contributed by atoms with Crippen LogP contribution in [0.25, 0.3) is 0 Å². The number of unbranched alkanes of at least 4 members (excludes halogenated alkanes) is 1. The molecule has 0 atom stereocenters. The van der Waals surface area contributed by atoms with Gasteiger partial charge >= 0.3 is 0 Å². The lowest BCUT2D eigenvalue weighted by Gasteiger charge is -2.27. The van der Waals surface area contributed by atoms with Gasteiger partial charge in [0.05, 0.1) is 6.10 Å². The van der Waals surface area contributed by atoms with Crippen LogP contribution in [0.2, 0.25) is 0 Å². The summed E-state index contributed by atoms with van der Waals surface area (Å²) >= 11 is 0. The Morgan fingerprint density at radius 2 is 1.92 bits per heavy atom. The number of rotatable bonds is 5. The number of ether oxygens (including phenoxy) is 1. The Bertz CT molecular complexity index is 117. The summed E-state index contributed by atoms with van der Waals surface area (Å²) < 4.78 is 5.78. The van der Waals surface area contributed by atoms with Gasteiger partial charge in [-0.15, -0.1) is 0 Å². The molecule has 1 saturated carbocycles. The summed E-state index contributed by atoms with van der Waals surface area (Å²) in [7, 11) is 0. The van der Waals surface area contributed by atoms with E-state index in [0.717, 1.165) is 19.1 Å². The van der Waals surface area contributed by atoms with Crippen LogP contribution in [0.1, 0.15) is 45.4 Å². The SMILES string of the molecule is CCCCOC1CCC(CN)CC1. The average Bonchev–Trinajstić information content (AvgIpc) is 2.19. The van der Waals surface area contributed by atoms with Gasteiger partial charge < -0.3 is 10.5 Å². The van der Waals surface area contributed by atoms with Crippen molar-refractivity contribution in [3.63, 3.8) is 0 Å². The van der Waals surface area contributed by atoms with Crippen molar-refractivity contribution in [2.24, 2.45) is 11.7 Å². The fourth-order valence-electron chi connectivity index (χ4n) is 1.93. The third kappa shape index (κ3) is 4.10. The number of nitrogens with two attached hydrogens (primary N) is 1. The highest BCUT2D eigenvalue weighted by Crippen LogP contribution is 2.25. The zero-order valence-electron chi connectivity index (χ0n) is 8.80. The molecule has 2 heteroatoms. The monoisotopic (exact) mass is 185 g/mol. The topological polar surface area (TPSA) is 35.2 Å². The maximum Gasteiger partial charge on any atom is 0.0575 e. The van der Waals surface area contributed by atoms with Crippen molar-refractivity contribution in [1.82, 2.24) is 0 Å². The maximum atomic E-state index is 5.78. The highest BCUT2D eigenvalue weighted by atomic mass is 16.5. The van der Waals surface area contributed by atoms with Crippen LogP contribution in [-0.2, 0) is 4.74 Å². The highest BCUT2D eigenvalue weighted by Gasteiger charge is 2.19. The Balaban J connectivity index is 2.03. The van der Waals surface area contributed by atoms with Crippen molar-refractivity contribution in [3.8, 4) is 0 Å². The fourth-order valence-corrected chi connectivity index (χ4v) is 1.93. The molecule has 0 spiro atoms. The lowest BCUT2D eigenvalue weighted by molar-refractivity contribution is 0.0176. The van der Waals surface area contributed by atoms with Gasteiger partial charge in [-0.05, 0) is 44.6 Å². The fraction of sp³-hybridized carbons (Fsp3) is 1.00. The van der Waals surface area contributed by atoms with Crippen molar-refractivity contribution in [3.05, 3.63) is 0 Å². The van der Waals surface area contributed by atoms with E-state index in [1.165, 1.54) is 38.5 Å². The molecule has 0 radical (unpaired) electrons. The highest BCUT2D eigenvalue weighted by molar-refractivity contribution is 4.73. The molecule has 2 nitrogen and oxygen atoms in total. The van der Waals surface area contributed by atoms with Gasteiger partial charge in [0, 0.05) is 6.61 Å². The van der Waals surface area contributed by atoms with Crippen LogP contribution < -0.4 is 5.73 Å². The second-order valence-electron chi connectivity index (χ2n) is 4.10. The van der Waals surface area contributed by atoms with Crippen LogP contribution in [0.5, 0.6) is 0 Å². The van der Waals surface area contributed by atoms with E-state index in [0.29, 0.717) is 6.10 Å². The molecule has 0 aromatic heterocycles. The quantitative estimate of drug-likeness (QED) is 0.667. The molecule has 1 rings (SSSR count). The van der Waals surface area contributed by atoms with E-state index < -0.39 is 0 Å². The smallest absolute Gasteiger partial charge is 0.0575 e. The Labute approximate surface area is 81.8 Å². The van der Waals surface area contributed by atoms with Crippen LogP contribution in [-0.4, -0.2) is 19.3 Å². The number of hydrogen-bond donors (Lipinski definition) is 1. The van der Waals surface area contributed by atoms with Gasteiger partial charge in [0.15, 0.2) is 0 Å². The molecule has 1 fully saturated rings. The van der Waals surface area contributed by atoms with E-state index in [4.69, 9.17) is 10.5 Å². The predicted molar refractivity (Wildman–Crippen MR) is 55.7 cm³/mol. The minimum absolute atomic E-state index is 0.536. The molecule has 0 unspecified atom stereocenters. The van der Waals surface area contributed by atoms with Gasteiger partial charge in [-0.2, -0.15) is 0 Å². The standard InChI is InChI=1S/C11H23NO/c1-2-3-8-13-11-6-4-10(9-12)5-7-11/h10-11H,2-9,12H2,1H3. The lowest BCUT2D eigenvalue weighted by atomic mass is 9.87. The van der Waals surface area contributed by atoms with E-state index in [1.54, 1.807) is 0 Å². The van der Waals surface area contributed by atoms with E-state index in [1.807, 2.05) is 0 Å². The second kappa shape index (κ2) is 6.39. The van der Waals surface area contributed by atoms with Crippen molar-refractivity contribution in [2.45, 2.75) is 51.6 Å². The van der Waals surface area contributed by atoms with Crippen LogP contribution in [0.3, 0.4) is 0 Å². The summed E-state index contributed by atoms with van der Waals surface area (Å²) in [6, 6.07) is 0. The van der Waals surface area contributed by atoms with Crippen molar-refractivity contribution in [1.29, 1.82) is 0 Å². The summed E-state index contributed by atoms with van der Waals surface area (Å²) in [6.07, 6.45) is 7.97. The van der Waals surface area contributed by atoms with Crippen LogP contribution in [0.4, 0.5) is 0 Å². The van der Waals surface area contributed by atoms with Gasteiger partial charge in [0.2, 0.25) is 0 Å². The van der Waals surface area contributed by atoms with Gasteiger partial charge in [0.25, 0.3) is 0 Å². The molecule has 1 aliphatic rings. The third-order valence-electron chi connectivity index (χ3n) is 2.98. The summed E-state index contributed by atoms with van der Waals surface area (Å²) in [6.45, 7) is 4.02. The van der Waals surface area contributed by atoms with Crippen LogP contribution in [0, 0.1) is 5.92 Å². The Hall–Kier alpha value is -0.0800. The first-order valence-corrected chi connectivity index (χ1v) is 5.68. The average molecular weight is 185 g/mol. The molecule has 0 aliphatic heterocycles. The molecule has 13 heavy (non-hydrogen) atoms. The van der Waals surface area contributed by atoms with Crippen LogP contribution >= 0.6 is 0 Å². The molecular formula is C11H23NO. The zero-order valence-corrected chi connectivity index (χ0v) is 8.80. The molecule has 0 aromatic carbocycles. The largest absolute Gasteiger partial charge is 0.378 e. The van der Waals surface area contributed by atoms with Gasteiger partial charge in [-0.3, -0.25) is 0 Å². The molecule has 0 saturated heterocycles. The van der Waals surface area contributed by atoms with E-state index in [2.05, 4.69) is 6.92 Å². The first-order chi connectivity index (χ1) is 6.36. The molecule has 0 heterocycles. The van der Waals surface area contributed by atoms with Crippen molar-refractivity contribution in [2.75, 3.05) is 13.2 Å². The third-order valence-corrected chi connectivity index (χ3v) is 2.98. The zero-order chi connectivity index (χ0) is 9.52. The lowest BCUT2D eigenvalue weighted by Crippen LogP contribution is -2.26. The van der Waals surface area contributed by atoms with Crippen molar-refractivity contribution < 1.29 is 4.74 Å². The molecule has 78 valence electrons. The Morgan fingerprint density at radius 1 is 1.23 bits per heavy atom. The first-order valence-electron chi connectivity index (χ1n) is 5.68. The second-order valence-corrected chi connectivity index (χ2v) is 4.10. The Morgan fingerprint density at radius 3 is 2.46 bits per heavy atom. The van der Waals surface area contributed by atoms with E-state index in [-0.39, 0.29) is 0 Å². The van der Waals surface area contributed by atoms with Gasteiger partial charge in [0.1, 0.15) is 0 Å². The summed E-state index contributed by atoms with van der Waals surface area (Å²) in [5, 5.41) is 0. The summed E-state index contributed by atoms with van der Waals surface area (Å²) in [5.41, 5.74) is 5.63. The van der Waals surface area contributed by atoms with E-state index >= 15 is 0 Å². The first kappa shape index (κ1) is 11.0. The van der Waals surface area contributed by atoms with Gasteiger partial charge in [-0.25, -0.2) is 0 Å². The minimum atomic E-state index is 0.536. The van der Waals surface area contributed by atoms with Gasteiger partial charge in [-0.1, -0.05) is 13.3 Å². The molecule has 0 amide bonds. The summed E-state index contributed by atoms with van der Waals surface area (Å²) in [4.78, 5) is 0.